The van der Waals surface area contributed by atoms with E-state index in [9.17, 15) is 4.39 Å². The molecule has 0 spiro atoms. The van der Waals surface area contributed by atoms with Crippen LogP contribution in [0.1, 0.15) is 24.2 Å². The van der Waals surface area contributed by atoms with E-state index in [1.54, 1.807) is 6.92 Å². The van der Waals surface area contributed by atoms with Gasteiger partial charge in [-0.15, -0.1) is 5.10 Å². The highest BCUT2D eigenvalue weighted by molar-refractivity contribution is 5.93. The number of halogens is 1. The lowest BCUT2D eigenvalue weighted by atomic mass is 10.1. The normalized spacial score (nSPS) is 21.4. The largest absolute Gasteiger partial charge is 0.338 e. The SMILES string of the molecule is Cc1nc2c3cc(C)c(F)cc3nc(N3CCN4CCCC4C3)n2n1. The van der Waals surface area contributed by atoms with E-state index in [0.717, 1.165) is 36.6 Å². The number of hydrogen-bond acceptors (Lipinski definition) is 5. The fourth-order valence-corrected chi connectivity index (χ4v) is 4.20. The van der Waals surface area contributed by atoms with Crippen LogP contribution in [-0.4, -0.2) is 56.7 Å². The van der Waals surface area contributed by atoms with Gasteiger partial charge in [0.05, 0.1) is 5.52 Å². The maximum Gasteiger partial charge on any atom is 0.229 e. The van der Waals surface area contributed by atoms with Crippen LogP contribution < -0.4 is 4.90 Å². The Hall–Kier alpha value is -2.28. The fourth-order valence-electron chi connectivity index (χ4n) is 4.20. The Bertz CT molecular complexity index is 981. The van der Waals surface area contributed by atoms with Gasteiger partial charge in [-0.25, -0.2) is 14.4 Å². The molecule has 5 rings (SSSR count). The van der Waals surface area contributed by atoms with Crippen LogP contribution in [0.4, 0.5) is 10.3 Å². The molecule has 2 aliphatic rings. The van der Waals surface area contributed by atoms with Gasteiger partial charge in [0.15, 0.2) is 5.65 Å². The molecule has 0 N–H and O–H groups in total. The highest BCUT2D eigenvalue weighted by Gasteiger charge is 2.32. The summed E-state index contributed by atoms with van der Waals surface area (Å²) in [6.45, 7) is 7.75. The minimum atomic E-state index is -0.229. The molecule has 25 heavy (non-hydrogen) atoms. The molecule has 0 amide bonds. The molecule has 2 fully saturated rings. The van der Waals surface area contributed by atoms with E-state index in [0.29, 0.717) is 22.9 Å². The quantitative estimate of drug-likeness (QED) is 0.680. The van der Waals surface area contributed by atoms with E-state index in [1.165, 1.54) is 25.5 Å². The number of anilines is 1. The van der Waals surface area contributed by atoms with E-state index < -0.39 is 0 Å². The maximum atomic E-state index is 14.1. The third kappa shape index (κ3) is 2.29. The second-order valence-electron chi connectivity index (χ2n) is 7.20. The van der Waals surface area contributed by atoms with Crippen molar-refractivity contribution in [1.29, 1.82) is 0 Å². The van der Waals surface area contributed by atoms with E-state index in [2.05, 4.69) is 19.9 Å². The van der Waals surface area contributed by atoms with E-state index >= 15 is 0 Å². The lowest BCUT2D eigenvalue weighted by Crippen LogP contribution is -2.51. The first kappa shape index (κ1) is 15.0. The van der Waals surface area contributed by atoms with E-state index in [-0.39, 0.29) is 5.82 Å². The third-order valence-corrected chi connectivity index (χ3v) is 5.51. The third-order valence-electron chi connectivity index (χ3n) is 5.51. The van der Waals surface area contributed by atoms with Crippen molar-refractivity contribution in [3.05, 3.63) is 29.3 Å². The second kappa shape index (κ2) is 5.36. The molecule has 0 bridgehead atoms. The molecule has 4 heterocycles. The molecule has 2 aromatic heterocycles. The Morgan fingerprint density at radius 3 is 2.88 bits per heavy atom. The van der Waals surface area contributed by atoms with Crippen molar-refractivity contribution in [3.63, 3.8) is 0 Å². The summed E-state index contributed by atoms with van der Waals surface area (Å²) in [6.07, 6.45) is 2.50. The van der Waals surface area contributed by atoms with Crippen LogP contribution in [0, 0.1) is 19.7 Å². The molecule has 7 heteroatoms. The Morgan fingerprint density at radius 1 is 1.12 bits per heavy atom. The Morgan fingerprint density at radius 2 is 2.00 bits per heavy atom. The Kier molecular flexibility index (Phi) is 3.22. The lowest BCUT2D eigenvalue weighted by Gasteiger charge is -2.37. The molecule has 3 aromatic rings. The van der Waals surface area contributed by atoms with Gasteiger partial charge in [0, 0.05) is 37.1 Å². The summed E-state index contributed by atoms with van der Waals surface area (Å²) in [4.78, 5) is 14.2. The topological polar surface area (TPSA) is 49.6 Å². The Balaban J connectivity index is 1.69. The van der Waals surface area contributed by atoms with Crippen molar-refractivity contribution >= 4 is 22.5 Å². The van der Waals surface area contributed by atoms with Crippen LogP contribution in [0.5, 0.6) is 0 Å². The molecule has 1 atom stereocenters. The van der Waals surface area contributed by atoms with Crippen molar-refractivity contribution in [2.75, 3.05) is 31.1 Å². The number of rotatable bonds is 1. The minimum Gasteiger partial charge on any atom is -0.338 e. The zero-order chi connectivity index (χ0) is 17.1. The van der Waals surface area contributed by atoms with Crippen LogP contribution in [-0.2, 0) is 0 Å². The maximum absolute atomic E-state index is 14.1. The molecule has 0 radical (unpaired) electrons. The smallest absolute Gasteiger partial charge is 0.229 e. The number of nitrogens with zero attached hydrogens (tertiary/aromatic N) is 6. The predicted octanol–water partition coefficient (Wildman–Crippen LogP) is 2.32. The molecular weight excluding hydrogens is 319 g/mol. The molecule has 130 valence electrons. The highest BCUT2D eigenvalue weighted by atomic mass is 19.1. The number of aryl methyl sites for hydroxylation is 2. The van der Waals surface area contributed by atoms with Gasteiger partial charge in [0.25, 0.3) is 0 Å². The molecular formula is C18H21FN6. The lowest BCUT2D eigenvalue weighted by molar-refractivity contribution is 0.229. The average molecular weight is 340 g/mol. The van der Waals surface area contributed by atoms with Crippen molar-refractivity contribution in [2.45, 2.75) is 32.7 Å². The van der Waals surface area contributed by atoms with Gasteiger partial charge in [0.2, 0.25) is 5.95 Å². The molecule has 2 saturated heterocycles. The molecule has 0 saturated carbocycles. The first-order valence-electron chi connectivity index (χ1n) is 8.92. The summed E-state index contributed by atoms with van der Waals surface area (Å²) in [6, 6.07) is 3.92. The molecule has 0 aliphatic carbocycles. The summed E-state index contributed by atoms with van der Waals surface area (Å²) in [5.74, 6) is 1.25. The molecule has 1 aromatic carbocycles. The summed E-state index contributed by atoms with van der Waals surface area (Å²) >= 11 is 0. The van der Waals surface area contributed by atoms with Crippen molar-refractivity contribution < 1.29 is 4.39 Å². The number of fused-ring (bicyclic) bond motifs is 4. The summed E-state index contributed by atoms with van der Waals surface area (Å²) in [5.41, 5.74) is 2.01. The molecule has 1 unspecified atom stereocenters. The second-order valence-corrected chi connectivity index (χ2v) is 7.20. The number of benzene rings is 1. The van der Waals surface area contributed by atoms with Gasteiger partial charge in [0.1, 0.15) is 11.6 Å². The minimum absolute atomic E-state index is 0.229. The van der Waals surface area contributed by atoms with Crippen molar-refractivity contribution in [1.82, 2.24) is 24.5 Å². The van der Waals surface area contributed by atoms with Crippen LogP contribution in [0.3, 0.4) is 0 Å². The van der Waals surface area contributed by atoms with E-state index in [4.69, 9.17) is 4.98 Å². The van der Waals surface area contributed by atoms with Gasteiger partial charge < -0.3 is 4.90 Å². The zero-order valence-electron chi connectivity index (χ0n) is 14.5. The van der Waals surface area contributed by atoms with Gasteiger partial charge in [-0.2, -0.15) is 4.52 Å². The Labute approximate surface area is 145 Å². The summed E-state index contributed by atoms with van der Waals surface area (Å²) in [7, 11) is 0. The zero-order valence-corrected chi connectivity index (χ0v) is 14.5. The van der Waals surface area contributed by atoms with Gasteiger partial charge in [-0.05, 0) is 44.9 Å². The fraction of sp³-hybridized carbons (Fsp3) is 0.500. The van der Waals surface area contributed by atoms with E-state index in [1.807, 2.05) is 17.5 Å². The first-order valence-corrected chi connectivity index (χ1v) is 8.92. The standard InChI is InChI=1S/C18H21FN6/c1-11-8-14-16(9-15(11)19)21-18(25-17(14)20-12(2)22-25)24-7-6-23-5-3-4-13(23)10-24/h8-9,13H,3-7,10H2,1-2H3. The molecule has 2 aliphatic heterocycles. The number of aromatic nitrogens is 4. The van der Waals surface area contributed by atoms with Crippen LogP contribution in [0.15, 0.2) is 12.1 Å². The first-order chi connectivity index (χ1) is 12.1. The van der Waals surface area contributed by atoms with Gasteiger partial charge >= 0.3 is 0 Å². The monoisotopic (exact) mass is 340 g/mol. The van der Waals surface area contributed by atoms with Crippen LogP contribution in [0.2, 0.25) is 0 Å². The van der Waals surface area contributed by atoms with Crippen molar-refractivity contribution in [3.8, 4) is 0 Å². The predicted molar refractivity (Wildman–Crippen MR) is 94.5 cm³/mol. The van der Waals surface area contributed by atoms with Crippen LogP contribution in [0.25, 0.3) is 16.6 Å². The van der Waals surface area contributed by atoms with Gasteiger partial charge in [-0.3, -0.25) is 4.90 Å². The summed E-state index contributed by atoms with van der Waals surface area (Å²) in [5, 5.41) is 5.42. The van der Waals surface area contributed by atoms with Crippen LogP contribution >= 0.6 is 0 Å². The summed E-state index contributed by atoms with van der Waals surface area (Å²) < 4.78 is 15.9. The van der Waals surface area contributed by atoms with Gasteiger partial charge in [-0.1, -0.05) is 0 Å². The highest BCUT2D eigenvalue weighted by Crippen LogP contribution is 2.28. The molecule has 6 nitrogen and oxygen atoms in total. The average Bonchev–Trinajstić information content (AvgIpc) is 3.21. The number of hydrogen-bond donors (Lipinski definition) is 0. The van der Waals surface area contributed by atoms with Crippen molar-refractivity contribution in [2.24, 2.45) is 0 Å². The number of piperazine rings is 1.